The maximum atomic E-state index is 4.28. The average Bonchev–Trinajstić information content (AvgIpc) is 2.96. The second-order valence-electron chi connectivity index (χ2n) is 3.50. The Morgan fingerprint density at radius 1 is 1.56 bits per heavy atom. The summed E-state index contributed by atoms with van der Waals surface area (Å²) in [6, 6.07) is 0.0563. The van der Waals surface area contributed by atoms with Crippen LogP contribution in [0.15, 0.2) is 12.4 Å². The molecule has 0 saturated heterocycles. The van der Waals surface area contributed by atoms with E-state index in [4.69, 9.17) is 0 Å². The third-order valence-corrected chi connectivity index (χ3v) is 2.46. The first-order valence-corrected chi connectivity index (χ1v) is 5.28. The second-order valence-corrected chi connectivity index (χ2v) is 3.50. The predicted octanol–water partition coefficient (Wildman–Crippen LogP) is 0.267. The fourth-order valence-corrected chi connectivity index (χ4v) is 1.48. The van der Waals surface area contributed by atoms with Crippen molar-refractivity contribution in [2.45, 2.75) is 33.0 Å². The van der Waals surface area contributed by atoms with Crippen LogP contribution in [0.3, 0.4) is 0 Å². The van der Waals surface area contributed by atoms with E-state index in [-0.39, 0.29) is 6.04 Å². The quantitative estimate of drug-likeness (QED) is 0.757. The van der Waals surface area contributed by atoms with Gasteiger partial charge < -0.3 is 9.88 Å². The number of rotatable bonds is 5. The number of nitrogens with one attached hydrogen (secondary N) is 2. The van der Waals surface area contributed by atoms with E-state index in [9.17, 15) is 0 Å². The molecule has 0 aliphatic heterocycles. The molecule has 0 saturated carbocycles. The Balaban J connectivity index is 1.92. The Kier molecular flexibility index (Phi) is 3.25. The van der Waals surface area contributed by atoms with Gasteiger partial charge in [-0.25, -0.2) is 4.98 Å². The van der Waals surface area contributed by atoms with Crippen LogP contribution in [0.4, 0.5) is 0 Å². The minimum absolute atomic E-state index is 0.0563. The molecular weight excluding hydrogens is 206 g/mol. The van der Waals surface area contributed by atoms with Gasteiger partial charge in [0, 0.05) is 18.9 Å². The van der Waals surface area contributed by atoms with Gasteiger partial charge in [0.2, 0.25) is 0 Å². The molecule has 7 heteroatoms. The van der Waals surface area contributed by atoms with E-state index < -0.39 is 0 Å². The molecule has 0 bridgehead atoms. The molecule has 1 unspecified atom stereocenters. The highest BCUT2D eigenvalue weighted by Gasteiger charge is 2.10. The summed E-state index contributed by atoms with van der Waals surface area (Å²) in [6.45, 7) is 5.70. The minimum atomic E-state index is 0.0563. The number of aromatic amines is 1. The summed E-state index contributed by atoms with van der Waals surface area (Å²) >= 11 is 0. The van der Waals surface area contributed by atoms with E-state index in [1.807, 2.05) is 13.1 Å². The molecule has 2 N–H and O–H groups in total. The molecule has 0 aliphatic carbocycles. The summed E-state index contributed by atoms with van der Waals surface area (Å²) in [5.41, 5.74) is 0. The van der Waals surface area contributed by atoms with Gasteiger partial charge in [-0.1, -0.05) is 5.21 Å². The predicted molar refractivity (Wildman–Crippen MR) is 57.3 cm³/mol. The highest BCUT2D eigenvalue weighted by atomic mass is 15.5. The normalized spacial score (nSPS) is 12.9. The molecule has 0 fully saturated rings. The van der Waals surface area contributed by atoms with Gasteiger partial charge in [-0.15, -0.1) is 10.2 Å². The van der Waals surface area contributed by atoms with Gasteiger partial charge in [0.15, 0.2) is 5.82 Å². The lowest BCUT2D eigenvalue weighted by atomic mass is 10.3. The molecule has 2 heterocycles. The van der Waals surface area contributed by atoms with Crippen molar-refractivity contribution in [3.63, 3.8) is 0 Å². The summed E-state index contributed by atoms with van der Waals surface area (Å²) < 4.78 is 2.09. The molecule has 2 aromatic rings. The standard InChI is InChI=1S/C9H15N7/c1-3-16-5-4-10-8(16)6-11-7(2)9-12-14-15-13-9/h4-5,7,11H,3,6H2,1-2H3,(H,12,13,14,15). The van der Waals surface area contributed by atoms with E-state index in [1.165, 1.54) is 0 Å². The maximum Gasteiger partial charge on any atom is 0.191 e. The summed E-state index contributed by atoms with van der Waals surface area (Å²) in [6.07, 6.45) is 3.77. The molecule has 0 aromatic carbocycles. The first kappa shape index (κ1) is 10.7. The Morgan fingerprint density at radius 2 is 2.44 bits per heavy atom. The number of aromatic nitrogens is 6. The lowest BCUT2D eigenvalue weighted by molar-refractivity contribution is 0.520. The molecule has 1 atom stereocenters. The molecule has 0 spiro atoms. The second kappa shape index (κ2) is 4.84. The first-order chi connectivity index (χ1) is 7.81. The van der Waals surface area contributed by atoms with Gasteiger partial charge in [0.25, 0.3) is 0 Å². The van der Waals surface area contributed by atoms with Crippen LogP contribution < -0.4 is 5.32 Å². The lowest BCUT2D eigenvalue weighted by Crippen LogP contribution is -2.21. The third kappa shape index (κ3) is 2.25. The van der Waals surface area contributed by atoms with Crippen LogP contribution in [0.5, 0.6) is 0 Å². The number of tetrazole rings is 1. The molecule has 16 heavy (non-hydrogen) atoms. The Morgan fingerprint density at radius 3 is 3.12 bits per heavy atom. The average molecular weight is 221 g/mol. The summed E-state index contributed by atoms with van der Waals surface area (Å²) in [5, 5.41) is 17.1. The van der Waals surface area contributed by atoms with Gasteiger partial charge in [0.05, 0.1) is 12.6 Å². The van der Waals surface area contributed by atoms with E-state index >= 15 is 0 Å². The summed E-state index contributed by atoms with van der Waals surface area (Å²) in [7, 11) is 0. The topological polar surface area (TPSA) is 84.3 Å². The number of imidazole rings is 1. The third-order valence-electron chi connectivity index (χ3n) is 2.46. The molecule has 2 aromatic heterocycles. The van der Waals surface area contributed by atoms with E-state index in [0.29, 0.717) is 12.4 Å². The number of aryl methyl sites for hydroxylation is 1. The van der Waals surface area contributed by atoms with Gasteiger partial charge in [-0.05, 0) is 13.8 Å². The van der Waals surface area contributed by atoms with Crippen molar-refractivity contribution in [1.29, 1.82) is 0 Å². The SMILES string of the molecule is CCn1ccnc1CNC(C)c1nn[nH]n1. The van der Waals surface area contributed by atoms with Crippen LogP contribution in [-0.4, -0.2) is 30.2 Å². The fraction of sp³-hybridized carbons (Fsp3) is 0.556. The Hall–Kier alpha value is -1.76. The van der Waals surface area contributed by atoms with Crippen LogP contribution in [0.25, 0.3) is 0 Å². The van der Waals surface area contributed by atoms with E-state index in [0.717, 1.165) is 12.4 Å². The van der Waals surface area contributed by atoms with Gasteiger partial charge >= 0.3 is 0 Å². The molecule has 86 valence electrons. The molecule has 7 nitrogen and oxygen atoms in total. The van der Waals surface area contributed by atoms with Crippen molar-refractivity contribution in [2.75, 3.05) is 0 Å². The molecule has 0 aliphatic rings. The maximum absolute atomic E-state index is 4.28. The molecule has 2 rings (SSSR count). The summed E-state index contributed by atoms with van der Waals surface area (Å²) in [5.74, 6) is 1.67. The molecule has 0 amide bonds. The van der Waals surface area contributed by atoms with Gasteiger partial charge in [-0.2, -0.15) is 5.21 Å². The van der Waals surface area contributed by atoms with Crippen molar-refractivity contribution in [3.8, 4) is 0 Å². The molecule has 0 radical (unpaired) electrons. The highest BCUT2D eigenvalue weighted by molar-refractivity contribution is 4.94. The molecular formula is C9H15N7. The van der Waals surface area contributed by atoms with Crippen molar-refractivity contribution < 1.29 is 0 Å². The van der Waals surface area contributed by atoms with Gasteiger partial charge in [-0.3, -0.25) is 0 Å². The van der Waals surface area contributed by atoms with E-state index in [2.05, 4.69) is 42.4 Å². The van der Waals surface area contributed by atoms with E-state index in [1.54, 1.807) is 6.20 Å². The highest BCUT2D eigenvalue weighted by Crippen LogP contribution is 2.05. The number of H-pyrrole nitrogens is 1. The summed E-state index contributed by atoms with van der Waals surface area (Å²) in [4.78, 5) is 4.28. The zero-order valence-corrected chi connectivity index (χ0v) is 9.38. The van der Waals surface area contributed by atoms with Crippen LogP contribution in [-0.2, 0) is 13.1 Å². The van der Waals surface area contributed by atoms with Crippen molar-refractivity contribution in [2.24, 2.45) is 0 Å². The minimum Gasteiger partial charge on any atom is -0.334 e. The fourth-order valence-electron chi connectivity index (χ4n) is 1.48. The van der Waals surface area contributed by atoms with Crippen LogP contribution in [0, 0.1) is 0 Å². The van der Waals surface area contributed by atoms with Crippen LogP contribution in [0.1, 0.15) is 31.5 Å². The monoisotopic (exact) mass is 221 g/mol. The largest absolute Gasteiger partial charge is 0.334 e. The van der Waals surface area contributed by atoms with Crippen molar-refractivity contribution in [3.05, 3.63) is 24.0 Å². The number of hydrogen-bond acceptors (Lipinski definition) is 5. The van der Waals surface area contributed by atoms with Crippen LogP contribution >= 0.6 is 0 Å². The Labute approximate surface area is 93.3 Å². The number of nitrogens with zero attached hydrogens (tertiary/aromatic N) is 5. The zero-order chi connectivity index (χ0) is 11.4. The van der Waals surface area contributed by atoms with Gasteiger partial charge in [0.1, 0.15) is 5.82 Å². The smallest absolute Gasteiger partial charge is 0.191 e. The zero-order valence-electron chi connectivity index (χ0n) is 9.38. The van der Waals surface area contributed by atoms with Crippen LogP contribution in [0.2, 0.25) is 0 Å². The lowest BCUT2D eigenvalue weighted by Gasteiger charge is -2.10. The first-order valence-electron chi connectivity index (χ1n) is 5.28. The Bertz CT molecular complexity index is 419. The van der Waals surface area contributed by atoms with Crippen molar-refractivity contribution >= 4 is 0 Å². The van der Waals surface area contributed by atoms with Crippen molar-refractivity contribution in [1.82, 2.24) is 35.5 Å². The number of hydrogen-bond donors (Lipinski definition) is 2.